The second-order valence-electron chi connectivity index (χ2n) is 5.98. The van der Waals surface area contributed by atoms with Crippen molar-refractivity contribution in [3.05, 3.63) is 52.1 Å². The summed E-state index contributed by atoms with van der Waals surface area (Å²) in [7, 11) is 2.81. The molecule has 160 valence electrons. The molecule has 2 aromatic rings. The van der Waals surface area contributed by atoms with Gasteiger partial charge in [-0.2, -0.15) is 0 Å². The highest BCUT2D eigenvalue weighted by molar-refractivity contribution is 5.98. The Kier molecular flexibility index (Phi) is 7.56. The molecule has 10 heteroatoms. The van der Waals surface area contributed by atoms with Crippen LogP contribution in [0.4, 0.5) is 11.4 Å². The molecule has 0 radical (unpaired) electrons. The van der Waals surface area contributed by atoms with Gasteiger partial charge in [-0.05, 0) is 44.2 Å². The van der Waals surface area contributed by atoms with Crippen molar-refractivity contribution < 1.29 is 33.5 Å². The normalized spacial score (nSPS) is 11.2. The van der Waals surface area contributed by atoms with E-state index < -0.39 is 22.9 Å². The summed E-state index contributed by atoms with van der Waals surface area (Å²) in [4.78, 5) is 35.3. The van der Waals surface area contributed by atoms with Gasteiger partial charge in [0.25, 0.3) is 11.6 Å². The number of methoxy groups -OCH3 is 2. The Morgan fingerprint density at radius 2 is 1.83 bits per heavy atom. The van der Waals surface area contributed by atoms with Crippen molar-refractivity contribution in [3.63, 3.8) is 0 Å². The second-order valence-corrected chi connectivity index (χ2v) is 5.98. The molecule has 1 N–H and O–H groups in total. The number of hydrogen-bond donors (Lipinski definition) is 1. The Morgan fingerprint density at radius 3 is 2.43 bits per heavy atom. The lowest BCUT2D eigenvalue weighted by Crippen LogP contribution is -2.30. The van der Waals surface area contributed by atoms with Crippen LogP contribution in [0.3, 0.4) is 0 Å². The molecule has 30 heavy (non-hydrogen) atoms. The number of anilines is 1. The number of nitro groups is 1. The highest BCUT2D eigenvalue weighted by Crippen LogP contribution is 2.30. The summed E-state index contributed by atoms with van der Waals surface area (Å²) in [6.45, 7) is 3.60. The van der Waals surface area contributed by atoms with E-state index in [9.17, 15) is 19.7 Å². The van der Waals surface area contributed by atoms with Gasteiger partial charge in [-0.1, -0.05) is 0 Å². The topological polar surface area (TPSA) is 126 Å². The Morgan fingerprint density at radius 1 is 1.10 bits per heavy atom. The monoisotopic (exact) mass is 418 g/mol. The number of esters is 1. The molecule has 0 aliphatic rings. The minimum Gasteiger partial charge on any atom is -0.496 e. The summed E-state index contributed by atoms with van der Waals surface area (Å²) >= 11 is 0. The molecule has 1 unspecified atom stereocenters. The summed E-state index contributed by atoms with van der Waals surface area (Å²) in [5.41, 5.74) is -0.237. The maximum atomic E-state index is 12.4. The standard InChI is InChI=1S/C20H22N2O8/c1-5-29-17-9-6-13(10-18(17)28-4)20(24)30-12(2)19(23)21-15-8-7-14(27-3)11-16(15)22(25)26/h6-12H,5H2,1-4H3,(H,21,23). The predicted molar refractivity (Wildman–Crippen MR) is 107 cm³/mol. The van der Waals surface area contributed by atoms with Crippen LogP contribution in [0.1, 0.15) is 24.2 Å². The number of nitro benzene ring substituents is 1. The van der Waals surface area contributed by atoms with Gasteiger partial charge in [-0.15, -0.1) is 0 Å². The second kappa shape index (κ2) is 10.1. The molecule has 0 aromatic heterocycles. The summed E-state index contributed by atoms with van der Waals surface area (Å²) in [6.07, 6.45) is -1.21. The van der Waals surface area contributed by atoms with Crippen molar-refractivity contribution in [2.75, 3.05) is 26.1 Å². The van der Waals surface area contributed by atoms with Gasteiger partial charge in [0.1, 0.15) is 11.4 Å². The Balaban J connectivity index is 2.11. The molecule has 2 aromatic carbocycles. The summed E-state index contributed by atoms with van der Waals surface area (Å²) in [5, 5.41) is 13.6. The van der Waals surface area contributed by atoms with Crippen LogP contribution in [0.25, 0.3) is 0 Å². The molecule has 0 aliphatic carbocycles. The molecule has 10 nitrogen and oxygen atoms in total. The number of nitrogens with one attached hydrogen (secondary N) is 1. The molecule has 0 saturated carbocycles. The van der Waals surface area contributed by atoms with Crippen molar-refractivity contribution in [1.82, 2.24) is 0 Å². The van der Waals surface area contributed by atoms with Crippen LogP contribution in [0.2, 0.25) is 0 Å². The minimum absolute atomic E-state index is 0.0450. The van der Waals surface area contributed by atoms with Crippen LogP contribution in [0.15, 0.2) is 36.4 Å². The Hall–Kier alpha value is -3.82. The molecule has 0 heterocycles. The first-order valence-electron chi connectivity index (χ1n) is 8.95. The van der Waals surface area contributed by atoms with Gasteiger partial charge in [-0.3, -0.25) is 14.9 Å². The summed E-state index contributed by atoms with van der Waals surface area (Å²) < 4.78 is 20.7. The molecule has 1 atom stereocenters. The van der Waals surface area contributed by atoms with Crippen LogP contribution >= 0.6 is 0 Å². The van der Waals surface area contributed by atoms with Crippen LogP contribution < -0.4 is 19.5 Å². The van der Waals surface area contributed by atoms with E-state index in [1.165, 1.54) is 51.5 Å². The van der Waals surface area contributed by atoms with Crippen molar-refractivity contribution in [1.29, 1.82) is 0 Å². The number of hydrogen-bond acceptors (Lipinski definition) is 8. The molecule has 0 bridgehead atoms. The molecular weight excluding hydrogens is 396 g/mol. The third-order valence-electron chi connectivity index (χ3n) is 4.01. The van der Waals surface area contributed by atoms with E-state index in [4.69, 9.17) is 18.9 Å². The van der Waals surface area contributed by atoms with Gasteiger partial charge in [0.15, 0.2) is 17.6 Å². The molecule has 2 rings (SSSR count). The number of carbonyl (C=O) groups is 2. The third-order valence-corrected chi connectivity index (χ3v) is 4.01. The highest BCUT2D eigenvalue weighted by Gasteiger charge is 2.23. The van der Waals surface area contributed by atoms with Crippen LogP contribution in [-0.4, -0.2) is 43.7 Å². The zero-order valence-corrected chi connectivity index (χ0v) is 17.0. The van der Waals surface area contributed by atoms with Crippen molar-refractivity contribution in [2.24, 2.45) is 0 Å². The van der Waals surface area contributed by atoms with E-state index in [1.807, 2.05) is 6.92 Å². The fraction of sp³-hybridized carbons (Fsp3) is 0.300. The van der Waals surface area contributed by atoms with E-state index >= 15 is 0 Å². The van der Waals surface area contributed by atoms with Gasteiger partial charge in [0, 0.05) is 0 Å². The largest absolute Gasteiger partial charge is 0.496 e. The summed E-state index contributed by atoms with van der Waals surface area (Å²) in [6, 6.07) is 8.45. The number of ether oxygens (including phenoxy) is 4. The van der Waals surface area contributed by atoms with Crippen LogP contribution in [0, 0.1) is 10.1 Å². The minimum atomic E-state index is -1.21. The van der Waals surface area contributed by atoms with E-state index in [1.54, 1.807) is 6.07 Å². The van der Waals surface area contributed by atoms with E-state index in [0.29, 0.717) is 18.1 Å². The van der Waals surface area contributed by atoms with Crippen molar-refractivity contribution in [3.8, 4) is 17.2 Å². The molecule has 0 fully saturated rings. The quantitative estimate of drug-likeness (QED) is 0.374. The van der Waals surface area contributed by atoms with E-state index in [0.717, 1.165) is 0 Å². The third kappa shape index (κ3) is 5.37. The van der Waals surface area contributed by atoms with E-state index in [2.05, 4.69) is 5.32 Å². The predicted octanol–water partition coefficient (Wildman–Crippen LogP) is 3.19. The smallest absolute Gasteiger partial charge is 0.339 e. The first-order valence-corrected chi connectivity index (χ1v) is 8.95. The maximum absolute atomic E-state index is 12.4. The van der Waals surface area contributed by atoms with Gasteiger partial charge >= 0.3 is 5.97 Å². The number of carbonyl (C=O) groups excluding carboxylic acids is 2. The zero-order valence-electron chi connectivity index (χ0n) is 17.0. The number of amides is 1. The van der Waals surface area contributed by atoms with E-state index in [-0.39, 0.29) is 22.7 Å². The Labute approximate surface area is 172 Å². The lowest BCUT2D eigenvalue weighted by molar-refractivity contribution is -0.384. The molecule has 0 aliphatic heterocycles. The first kappa shape index (κ1) is 22.5. The van der Waals surface area contributed by atoms with Gasteiger partial charge < -0.3 is 24.3 Å². The molecule has 1 amide bonds. The summed E-state index contributed by atoms with van der Waals surface area (Å²) in [5.74, 6) is -0.409. The molecular formula is C20H22N2O8. The fourth-order valence-corrected chi connectivity index (χ4v) is 2.48. The van der Waals surface area contributed by atoms with Gasteiger partial charge in [0.2, 0.25) is 0 Å². The molecule has 0 spiro atoms. The van der Waals surface area contributed by atoms with Crippen LogP contribution in [-0.2, 0) is 9.53 Å². The average molecular weight is 418 g/mol. The van der Waals surface area contributed by atoms with Crippen molar-refractivity contribution >= 4 is 23.3 Å². The highest BCUT2D eigenvalue weighted by atomic mass is 16.6. The average Bonchev–Trinajstić information content (AvgIpc) is 2.74. The zero-order chi connectivity index (χ0) is 22.3. The number of rotatable bonds is 9. The Bertz CT molecular complexity index is 944. The van der Waals surface area contributed by atoms with Crippen molar-refractivity contribution in [2.45, 2.75) is 20.0 Å². The maximum Gasteiger partial charge on any atom is 0.339 e. The van der Waals surface area contributed by atoms with Gasteiger partial charge in [0.05, 0.1) is 37.4 Å². The molecule has 0 saturated heterocycles. The SMILES string of the molecule is CCOc1ccc(C(=O)OC(C)C(=O)Nc2ccc(OC)cc2[N+](=O)[O-])cc1OC. The fourth-order valence-electron chi connectivity index (χ4n) is 2.48. The van der Waals surface area contributed by atoms with Crippen LogP contribution in [0.5, 0.6) is 17.2 Å². The lowest BCUT2D eigenvalue weighted by atomic mass is 10.2. The van der Waals surface area contributed by atoms with Gasteiger partial charge in [-0.25, -0.2) is 4.79 Å². The number of benzene rings is 2. The lowest BCUT2D eigenvalue weighted by Gasteiger charge is -2.15. The first-order chi connectivity index (χ1) is 14.3. The number of nitrogens with zero attached hydrogens (tertiary/aromatic N) is 1.